The highest BCUT2D eigenvalue weighted by molar-refractivity contribution is 6.04. The Labute approximate surface area is 90.6 Å². The number of rotatable bonds is 4. The minimum Gasteiger partial charge on any atom is -0.512 e. The van der Waals surface area contributed by atoms with E-state index in [1.54, 1.807) is 0 Å². The summed E-state index contributed by atoms with van der Waals surface area (Å²) in [6, 6.07) is 4.72. The van der Waals surface area contributed by atoms with Crippen LogP contribution >= 0.6 is 0 Å². The van der Waals surface area contributed by atoms with Gasteiger partial charge in [-0.2, -0.15) is 0 Å². The Bertz CT molecular complexity index is 434. The Balaban J connectivity index is 2.79. The lowest BCUT2D eigenvalue weighted by Crippen LogP contribution is -2.01. The monoisotopic (exact) mass is 224 g/mol. The third-order valence-corrected chi connectivity index (χ3v) is 1.76. The van der Waals surface area contributed by atoms with Crippen LogP contribution in [0.2, 0.25) is 0 Å². The van der Waals surface area contributed by atoms with Crippen molar-refractivity contribution in [2.24, 2.45) is 0 Å². The summed E-state index contributed by atoms with van der Waals surface area (Å²) in [4.78, 5) is 21.6. The van der Waals surface area contributed by atoms with Crippen LogP contribution in [0.15, 0.2) is 36.1 Å². The van der Waals surface area contributed by atoms with Crippen LogP contribution in [0.3, 0.4) is 0 Å². The number of carboxylic acids is 1. The number of aliphatic hydroxyl groups excluding tert-OH is 1. The predicted octanol–water partition coefficient (Wildman–Crippen LogP) is 1.93. The van der Waals surface area contributed by atoms with Crippen LogP contribution in [-0.2, 0) is 4.79 Å². The molecule has 0 unspecified atom stereocenters. The Morgan fingerprint density at radius 2 is 1.75 bits per heavy atom. The van der Waals surface area contributed by atoms with Crippen LogP contribution in [0.25, 0.3) is 0 Å². The molecule has 0 saturated heterocycles. The van der Waals surface area contributed by atoms with Gasteiger partial charge in [-0.1, -0.05) is 0 Å². The average molecular weight is 224 g/mol. The fourth-order valence-corrected chi connectivity index (χ4v) is 1.05. The zero-order valence-corrected chi connectivity index (χ0v) is 8.18. The normalized spacial score (nSPS) is 11.2. The van der Waals surface area contributed by atoms with Crippen molar-refractivity contribution in [3.05, 3.63) is 47.5 Å². The molecule has 0 fully saturated rings. The van der Waals surface area contributed by atoms with Crippen molar-refractivity contribution >= 4 is 11.8 Å². The molecule has 2 N–H and O–H groups in total. The van der Waals surface area contributed by atoms with Crippen molar-refractivity contribution < 1.29 is 24.2 Å². The summed E-state index contributed by atoms with van der Waals surface area (Å²) < 4.78 is 12.5. The van der Waals surface area contributed by atoms with Gasteiger partial charge in [0.25, 0.3) is 0 Å². The van der Waals surface area contributed by atoms with E-state index in [-0.39, 0.29) is 5.56 Å². The van der Waals surface area contributed by atoms with Gasteiger partial charge in [0.15, 0.2) is 5.78 Å². The van der Waals surface area contributed by atoms with Gasteiger partial charge in [-0.25, -0.2) is 4.39 Å². The Kier molecular flexibility index (Phi) is 3.77. The third kappa shape index (κ3) is 3.53. The van der Waals surface area contributed by atoms with Crippen LogP contribution in [-0.4, -0.2) is 22.0 Å². The number of halogens is 1. The number of aliphatic hydroxyl groups is 1. The first-order valence-electron chi connectivity index (χ1n) is 4.40. The largest absolute Gasteiger partial charge is 0.512 e. The van der Waals surface area contributed by atoms with E-state index in [1.165, 1.54) is 12.1 Å². The van der Waals surface area contributed by atoms with Gasteiger partial charge in [-0.05, 0) is 24.3 Å². The lowest BCUT2D eigenvalue weighted by molar-refractivity contribution is -0.136. The second-order valence-corrected chi connectivity index (χ2v) is 3.08. The second kappa shape index (κ2) is 5.06. The highest BCUT2D eigenvalue weighted by Crippen LogP contribution is 2.06. The first kappa shape index (κ1) is 11.9. The molecular weight excluding hydrogens is 215 g/mol. The summed E-state index contributed by atoms with van der Waals surface area (Å²) in [7, 11) is 0. The Morgan fingerprint density at radius 1 is 1.19 bits per heavy atom. The lowest BCUT2D eigenvalue weighted by atomic mass is 10.1. The number of hydrogen-bond acceptors (Lipinski definition) is 3. The summed E-state index contributed by atoms with van der Waals surface area (Å²) >= 11 is 0. The van der Waals surface area contributed by atoms with E-state index in [0.717, 1.165) is 18.2 Å². The quantitative estimate of drug-likeness (QED) is 0.465. The second-order valence-electron chi connectivity index (χ2n) is 3.08. The fraction of sp³-hybridized carbons (Fsp3) is 0.0909. The van der Waals surface area contributed by atoms with Crippen molar-refractivity contribution in [2.75, 3.05) is 0 Å². The number of ketones is 1. The standard InChI is InChI=1S/C11H9FO4/c12-8-3-1-7(2-4-8)10(14)5-9(13)6-11(15)16/h1-5,13H,6H2,(H,15,16)/b9-5-. The van der Waals surface area contributed by atoms with Crippen LogP contribution in [0, 0.1) is 5.82 Å². The highest BCUT2D eigenvalue weighted by Gasteiger charge is 2.07. The molecule has 4 nitrogen and oxygen atoms in total. The summed E-state index contributed by atoms with van der Waals surface area (Å²) in [5.74, 6) is -2.82. The van der Waals surface area contributed by atoms with Gasteiger partial charge in [0.2, 0.25) is 0 Å². The van der Waals surface area contributed by atoms with Crippen LogP contribution in [0.1, 0.15) is 16.8 Å². The topological polar surface area (TPSA) is 74.6 Å². The zero-order valence-electron chi connectivity index (χ0n) is 8.18. The fourth-order valence-electron chi connectivity index (χ4n) is 1.05. The first-order valence-corrected chi connectivity index (χ1v) is 4.40. The number of hydrogen-bond donors (Lipinski definition) is 2. The van der Waals surface area contributed by atoms with E-state index in [9.17, 15) is 14.0 Å². The highest BCUT2D eigenvalue weighted by atomic mass is 19.1. The van der Waals surface area contributed by atoms with Crippen LogP contribution in [0.4, 0.5) is 4.39 Å². The van der Waals surface area contributed by atoms with Gasteiger partial charge in [0.05, 0.1) is 0 Å². The number of carbonyl (C=O) groups excluding carboxylic acids is 1. The molecule has 0 saturated carbocycles. The predicted molar refractivity (Wildman–Crippen MR) is 53.7 cm³/mol. The Morgan fingerprint density at radius 3 is 2.25 bits per heavy atom. The molecule has 5 heteroatoms. The van der Waals surface area contributed by atoms with E-state index in [0.29, 0.717) is 0 Å². The van der Waals surface area contributed by atoms with Crippen LogP contribution in [0.5, 0.6) is 0 Å². The molecule has 0 atom stereocenters. The molecule has 84 valence electrons. The van der Waals surface area contributed by atoms with Crippen molar-refractivity contribution in [2.45, 2.75) is 6.42 Å². The molecule has 0 aliphatic rings. The summed E-state index contributed by atoms with van der Waals surface area (Å²) in [5, 5.41) is 17.4. The number of allylic oxidation sites excluding steroid dienone is 1. The van der Waals surface area contributed by atoms with Gasteiger partial charge in [0, 0.05) is 11.6 Å². The van der Waals surface area contributed by atoms with E-state index >= 15 is 0 Å². The maximum absolute atomic E-state index is 12.5. The molecule has 1 rings (SSSR count). The zero-order chi connectivity index (χ0) is 12.1. The molecule has 0 aromatic heterocycles. The number of carboxylic acid groups (broad SMARTS) is 1. The molecule has 0 spiro atoms. The maximum atomic E-state index is 12.5. The van der Waals surface area contributed by atoms with Gasteiger partial charge < -0.3 is 10.2 Å². The van der Waals surface area contributed by atoms with Gasteiger partial charge in [-0.3, -0.25) is 9.59 Å². The van der Waals surface area contributed by atoms with Crippen molar-refractivity contribution in [3.63, 3.8) is 0 Å². The minimum atomic E-state index is -1.24. The van der Waals surface area contributed by atoms with Crippen molar-refractivity contribution in [1.82, 2.24) is 0 Å². The first-order chi connectivity index (χ1) is 7.49. The van der Waals surface area contributed by atoms with E-state index in [4.69, 9.17) is 10.2 Å². The third-order valence-electron chi connectivity index (χ3n) is 1.76. The number of benzene rings is 1. The number of carbonyl (C=O) groups is 2. The molecular formula is C11H9FO4. The van der Waals surface area contributed by atoms with Crippen molar-refractivity contribution in [3.8, 4) is 0 Å². The lowest BCUT2D eigenvalue weighted by Gasteiger charge is -1.97. The van der Waals surface area contributed by atoms with E-state index < -0.39 is 29.7 Å². The molecule has 0 aliphatic carbocycles. The SMILES string of the molecule is O=C(O)C/C(O)=C/C(=O)c1ccc(F)cc1. The molecule has 0 heterocycles. The minimum absolute atomic E-state index is 0.179. The smallest absolute Gasteiger partial charge is 0.311 e. The molecule has 0 radical (unpaired) electrons. The van der Waals surface area contributed by atoms with Gasteiger partial charge >= 0.3 is 5.97 Å². The van der Waals surface area contributed by atoms with Crippen LogP contribution < -0.4 is 0 Å². The van der Waals surface area contributed by atoms with Gasteiger partial charge in [-0.15, -0.1) is 0 Å². The summed E-state index contributed by atoms with van der Waals surface area (Å²) in [6.07, 6.45) is 0.189. The average Bonchev–Trinajstić information content (AvgIpc) is 2.16. The summed E-state index contributed by atoms with van der Waals surface area (Å²) in [5.41, 5.74) is 0.179. The Hall–Kier alpha value is -2.17. The molecule has 1 aromatic rings. The molecule has 0 aliphatic heterocycles. The summed E-state index contributed by atoms with van der Waals surface area (Å²) in [6.45, 7) is 0. The maximum Gasteiger partial charge on any atom is 0.311 e. The van der Waals surface area contributed by atoms with E-state index in [2.05, 4.69) is 0 Å². The molecule has 16 heavy (non-hydrogen) atoms. The van der Waals surface area contributed by atoms with E-state index in [1.807, 2.05) is 0 Å². The van der Waals surface area contributed by atoms with Gasteiger partial charge in [0.1, 0.15) is 18.0 Å². The molecule has 0 amide bonds. The number of aliphatic carboxylic acids is 1. The molecule has 0 bridgehead atoms. The van der Waals surface area contributed by atoms with Crippen molar-refractivity contribution in [1.29, 1.82) is 0 Å². The molecule has 1 aromatic carbocycles.